The second-order valence-corrected chi connectivity index (χ2v) is 4.59. The Hall–Kier alpha value is -1.62. The van der Waals surface area contributed by atoms with E-state index in [9.17, 15) is 0 Å². The molecule has 0 fully saturated rings. The zero-order valence-corrected chi connectivity index (χ0v) is 12.9. The SMILES string of the molecule is C=C(COCCOCCOC)c1cccc(C(N)=CC)c1. The Morgan fingerprint density at radius 1 is 1.14 bits per heavy atom. The van der Waals surface area contributed by atoms with E-state index in [1.54, 1.807) is 7.11 Å². The van der Waals surface area contributed by atoms with Crippen LogP contribution in [0.1, 0.15) is 18.1 Å². The number of nitrogens with two attached hydrogens (primary N) is 1. The summed E-state index contributed by atoms with van der Waals surface area (Å²) in [6, 6.07) is 7.99. The second-order valence-electron chi connectivity index (χ2n) is 4.59. The molecule has 0 atom stereocenters. The van der Waals surface area contributed by atoms with Crippen molar-refractivity contribution in [3.63, 3.8) is 0 Å². The summed E-state index contributed by atoms with van der Waals surface area (Å²) < 4.78 is 15.8. The Labute approximate surface area is 127 Å². The first-order chi connectivity index (χ1) is 10.2. The largest absolute Gasteiger partial charge is 0.399 e. The number of allylic oxidation sites excluding steroid dienone is 1. The molecular formula is C17H25NO3. The topological polar surface area (TPSA) is 53.7 Å². The van der Waals surface area contributed by atoms with Crippen LogP contribution in [-0.4, -0.2) is 40.1 Å². The van der Waals surface area contributed by atoms with E-state index in [0.717, 1.165) is 22.4 Å². The van der Waals surface area contributed by atoms with Crippen molar-refractivity contribution in [2.45, 2.75) is 6.92 Å². The second kappa shape index (κ2) is 10.2. The molecule has 0 aliphatic heterocycles. The van der Waals surface area contributed by atoms with Gasteiger partial charge in [-0.1, -0.05) is 30.9 Å². The number of methoxy groups -OCH3 is 1. The first-order valence-electron chi connectivity index (χ1n) is 7.03. The molecule has 0 radical (unpaired) electrons. The van der Waals surface area contributed by atoms with Gasteiger partial charge < -0.3 is 19.9 Å². The van der Waals surface area contributed by atoms with E-state index >= 15 is 0 Å². The highest BCUT2D eigenvalue weighted by Crippen LogP contribution is 2.17. The average Bonchev–Trinajstić information content (AvgIpc) is 2.53. The predicted octanol–water partition coefficient (Wildman–Crippen LogP) is 2.70. The molecule has 0 bridgehead atoms. The van der Waals surface area contributed by atoms with E-state index in [-0.39, 0.29) is 0 Å². The van der Waals surface area contributed by atoms with Crippen LogP contribution in [-0.2, 0) is 14.2 Å². The zero-order chi connectivity index (χ0) is 15.5. The summed E-state index contributed by atoms with van der Waals surface area (Å²) >= 11 is 0. The normalized spacial score (nSPS) is 11.6. The van der Waals surface area contributed by atoms with E-state index in [0.29, 0.717) is 33.0 Å². The van der Waals surface area contributed by atoms with Gasteiger partial charge in [-0.2, -0.15) is 0 Å². The van der Waals surface area contributed by atoms with Crippen LogP contribution in [0.3, 0.4) is 0 Å². The third-order valence-electron chi connectivity index (χ3n) is 3.00. The van der Waals surface area contributed by atoms with Crippen LogP contribution in [0.2, 0.25) is 0 Å². The van der Waals surface area contributed by atoms with Gasteiger partial charge in [0.2, 0.25) is 0 Å². The molecule has 0 aromatic heterocycles. The fraction of sp³-hybridized carbons (Fsp3) is 0.412. The van der Waals surface area contributed by atoms with Crippen LogP contribution < -0.4 is 5.73 Å². The number of hydrogen-bond donors (Lipinski definition) is 1. The Morgan fingerprint density at radius 3 is 2.52 bits per heavy atom. The molecule has 4 nitrogen and oxygen atoms in total. The Morgan fingerprint density at radius 2 is 1.81 bits per heavy atom. The lowest BCUT2D eigenvalue weighted by Crippen LogP contribution is -2.09. The van der Waals surface area contributed by atoms with Gasteiger partial charge >= 0.3 is 0 Å². The standard InChI is InChI=1S/C17H25NO3/c1-4-17(18)16-7-5-6-15(12-16)14(2)13-21-11-10-20-9-8-19-3/h4-7,12H,2,8-11,13,18H2,1,3H3. The summed E-state index contributed by atoms with van der Waals surface area (Å²) in [7, 11) is 1.65. The van der Waals surface area contributed by atoms with Gasteiger partial charge in [-0.05, 0) is 29.7 Å². The molecule has 1 aromatic rings. The first kappa shape index (κ1) is 17.4. The van der Waals surface area contributed by atoms with E-state index in [1.165, 1.54) is 0 Å². The van der Waals surface area contributed by atoms with Crippen LogP contribution in [0, 0.1) is 0 Å². The van der Waals surface area contributed by atoms with Crippen LogP contribution in [0.25, 0.3) is 11.3 Å². The van der Waals surface area contributed by atoms with Gasteiger partial charge in [0.05, 0.1) is 33.0 Å². The Kier molecular flexibility index (Phi) is 8.43. The highest BCUT2D eigenvalue weighted by atomic mass is 16.5. The van der Waals surface area contributed by atoms with Gasteiger partial charge in [-0.15, -0.1) is 0 Å². The van der Waals surface area contributed by atoms with Gasteiger partial charge in [-0.25, -0.2) is 0 Å². The lowest BCUT2D eigenvalue weighted by Gasteiger charge is -2.10. The number of rotatable bonds is 10. The quantitative estimate of drug-likeness (QED) is 0.673. The fourth-order valence-corrected chi connectivity index (χ4v) is 1.73. The lowest BCUT2D eigenvalue weighted by atomic mass is 10.0. The van der Waals surface area contributed by atoms with Crippen LogP contribution in [0.5, 0.6) is 0 Å². The summed E-state index contributed by atoms with van der Waals surface area (Å²) in [5.74, 6) is 0. The van der Waals surface area contributed by atoms with E-state index in [1.807, 2.05) is 37.3 Å². The van der Waals surface area contributed by atoms with E-state index < -0.39 is 0 Å². The summed E-state index contributed by atoms with van der Waals surface area (Å²) in [5, 5.41) is 0. The molecule has 1 rings (SSSR count). The molecule has 0 amide bonds. The van der Waals surface area contributed by atoms with Gasteiger partial charge in [0.1, 0.15) is 0 Å². The summed E-state index contributed by atoms with van der Waals surface area (Å²) in [6.07, 6.45) is 1.88. The third-order valence-corrected chi connectivity index (χ3v) is 3.00. The zero-order valence-electron chi connectivity index (χ0n) is 12.9. The number of benzene rings is 1. The van der Waals surface area contributed by atoms with Gasteiger partial charge in [0.25, 0.3) is 0 Å². The average molecular weight is 291 g/mol. The molecule has 0 unspecified atom stereocenters. The monoisotopic (exact) mass is 291 g/mol. The lowest BCUT2D eigenvalue weighted by molar-refractivity contribution is 0.0325. The van der Waals surface area contributed by atoms with Gasteiger partial charge in [0, 0.05) is 12.8 Å². The molecule has 1 aromatic carbocycles. The molecule has 0 saturated carbocycles. The minimum absolute atomic E-state index is 0.479. The Balaban J connectivity index is 2.35. The van der Waals surface area contributed by atoms with Crippen LogP contribution in [0.4, 0.5) is 0 Å². The fourth-order valence-electron chi connectivity index (χ4n) is 1.73. The number of ether oxygens (including phenoxy) is 3. The Bertz CT molecular complexity index is 469. The minimum Gasteiger partial charge on any atom is -0.399 e. The third kappa shape index (κ3) is 6.58. The van der Waals surface area contributed by atoms with Crippen molar-refractivity contribution < 1.29 is 14.2 Å². The predicted molar refractivity (Wildman–Crippen MR) is 86.8 cm³/mol. The summed E-state index contributed by atoms with van der Waals surface area (Å²) in [5.41, 5.74) is 9.64. The van der Waals surface area contributed by atoms with Gasteiger partial charge in [-0.3, -0.25) is 0 Å². The molecule has 21 heavy (non-hydrogen) atoms. The molecule has 2 N–H and O–H groups in total. The number of hydrogen-bond acceptors (Lipinski definition) is 4. The molecule has 0 heterocycles. The van der Waals surface area contributed by atoms with Crippen molar-refractivity contribution in [1.82, 2.24) is 0 Å². The van der Waals surface area contributed by atoms with Crippen molar-refractivity contribution in [2.75, 3.05) is 40.1 Å². The highest BCUT2D eigenvalue weighted by molar-refractivity contribution is 5.70. The van der Waals surface area contributed by atoms with Crippen molar-refractivity contribution in [1.29, 1.82) is 0 Å². The molecule has 4 heteroatoms. The summed E-state index contributed by atoms with van der Waals surface area (Å²) in [6.45, 7) is 8.74. The maximum atomic E-state index is 5.92. The maximum absolute atomic E-state index is 5.92. The first-order valence-corrected chi connectivity index (χ1v) is 7.03. The smallest absolute Gasteiger partial charge is 0.0718 e. The van der Waals surface area contributed by atoms with Crippen molar-refractivity contribution in [2.24, 2.45) is 5.73 Å². The molecule has 0 aliphatic rings. The molecule has 0 aliphatic carbocycles. The van der Waals surface area contributed by atoms with E-state index in [4.69, 9.17) is 19.9 Å². The molecule has 116 valence electrons. The van der Waals surface area contributed by atoms with Crippen LogP contribution in [0.15, 0.2) is 36.9 Å². The highest BCUT2D eigenvalue weighted by Gasteiger charge is 2.02. The van der Waals surface area contributed by atoms with Crippen LogP contribution >= 0.6 is 0 Å². The molecular weight excluding hydrogens is 266 g/mol. The molecule has 0 spiro atoms. The van der Waals surface area contributed by atoms with Crippen molar-refractivity contribution in [3.05, 3.63) is 48.0 Å². The molecule has 0 saturated heterocycles. The van der Waals surface area contributed by atoms with Crippen molar-refractivity contribution in [3.8, 4) is 0 Å². The summed E-state index contributed by atoms with van der Waals surface area (Å²) in [4.78, 5) is 0. The maximum Gasteiger partial charge on any atom is 0.0718 e. The van der Waals surface area contributed by atoms with Crippen molar-refractivity contribution >= 4 is 11.3 Å². The van der Waals surface area contributed by atoms with E-state index in [2.05, 4.69) is 6.58 Å². The van der Waals surface area contributed by atoms with Gasteiger partial charge in [0.15, 0.2) is 0 Å². The minimum atomic E-state index is 0.479.